The number of nitrogens with two attached hydrogens (primary N) is 1. The van der Waals surface area contributed by atoms with Crippen molar-refractivity contribution in [3.05, 3.63) is 55.9 Å². The van der Waals surface area contributed by atoms with Crippen LogP contribution in [0, 0.1) is 0 Å². The van der Waals surface area contributed by atoms with Gasteiger partial charge in [0.2, 0.25) is 0 Å². The molecule has 4 rings (SSSR count). The van der Waals surface area contributed by atoms with Gasteiger partial charge in [0.1, 0.15) is 22.7 Å². The first-order valence-electron chi connectivity index (χ1n) is 8.90. The number of nitrogens with one attached hydrogen (secondary N) is 1. The molecule has 0 saturated heterocycles. The van der Waals surface area contributed by atoms with Crippen molar-refractivity contribution in [3.63, 3.8) is 0 Å². The standard InChI is InChI=1S/C20H18N4O3S/c1-3-12-13(14-19(21)22-9-23-20(14)28-12)10-5-7-11(8-6-10)24-15-16(25)17(26)18(15)27-4-2/h5-9,24H,3-4H2,1-2H3,(H2,21,22,23). The number of nitrogens with zero attached hydrogens (tertiary/aromatic N) is 2. The van der Waals surface area contributed by atoms with Crippen molar-refractivity contribution in [2.24, 2.45) is 0 Å². The summed E-state index contributed by atoms with van der Waals surface area (Å²) < 4.78 is 5.24. The zero-order valence-electron chi connectivity index (χ0n) is 15.4. The number of fused-ring (bicyclic) bond motifs is 1. The Kier molecular flexibility index (Phi) is 4.56. The second-order valence-corrected chi connectivity index (χ2v) is 7.27. The summed E-state index contributed by atoms with van der Waals surface area (Å²) in [6.45, 7) is 4.18. The van der Waals surface area contributed by atoms with E-state index in [9.17, 15) is 9.59 Å². The van der Waals surface area contributed by atoms with Crippen LogP contribution in [0.4, 0.5) is 17.2 Å². The summed E-state index contributed by atoms with van der Waals surface area (Å²) in [5, 5.41) is 3.85. The average molecular weight is 394 g/mol. The van der Waals surface area contributed by atoms with Crippen molar-refractivity contribution in [1.82, 2.24) is 9.97 Å². The van der Waals surface area contributed by atoms with E-state index in [-0.39, 0.29) is 11.4 Å². The number of aryl methyl sites for hydroxylation is 1. The number of rotatable bonds is 6. The molecule has 0 fully saturated rings. The highest BCUT2D eigenvalue weighted by molar-refractivity contribution is 7.19. The number of hydrogen-bond donors (Lipinski definition) is 2. The first-order valence-corrected chi connectivity index (χ1v) is 9.72. The van der Waals surface area contributed by atoms with Crippen molar-refractivity contribution in [1.29, 1.82) is 0 Å². The van der Waals surface area contributed by atoms with Crippen LogP contribution in [0.1, 0.15) is 18.7 Å². The highest BCUT2D eigenvalue weighted by atomic mass is 32.1. The Bertz CT molecular complexity index is 1240. The molecular formula is C20H18N4O3S. The maximum atomic E-state index is 11.8. The minimum absolute atomic E-state index is 0.0959. The zero-order chi connectivity index (χ0) is 19.8. The van der Waals surface area contributed by atoms with Crippen molar-refractivity contribution in [3.8, 4) is 16.9 Å². The molecule has 142 valence electrons. The molecule has 2 heterocycles. The number of aromatic nitrogens is 2. The van der Waals surface area contributed by atoms with E-state index in [0.29, 0.717) is 18.1 Å². The fraction of sp³-hybridized carbons (Fsp3) is 0.200. The number of anilines is 3. The molecule has 0 spiro atoms. The van der Waals surface area contributed by atoms with E-state index < -0.39 is 10.9 Å². The van der Waals surface area contributed by atoms with Gasteiger partial charge in [-0.15, -0.1) is 11.3 Å². The Balaban J connectivity index is 1.70. The molecule has 0 bridgehead atoms. The van der Waals surface area contributed by atoms with Gasteiger partial charge in [-0.05, 0) is 31.0 Å². The van der Waals surface area contributed by atoms with Crippen LogP contribution in [0.15, 0.2) is 40.2 Å². The minimum atomic E-state index is -0.589. The molecule has 3 N–H and O–H groups in total. The molecule has 0 aliphatic carbocycles. The highest BCUT2D eigenvalue weighted by Gasteiger charge is 2.22. The average Bonchev–Trinajstić information content (AvgIpc) is 3.11. The smallest absolute Gasteiger partial charge is 0.272 e. The maximum Gasteiger partial charge on any atom is 0.272 e. The molecule has 0 saturated carbocycles. The van der Waals surface area contributed by atoms with Gasteiger partial charge >= 0.3 is 0 Å². The third-order valence-electron chi connectivity index (χ3n) is 4.51. The van der Waals surface area contributed by atoms with E-state index in [1.165, 1.54) is 11.2 Å². The normalized spacial score (nSPS) is 11.2. The lowest BCUT2D eigenvalue weighted by Gasteiger charge is -2.13. The lowest BCUT2D eigenvalue weighted by molar-refractivity contribution is 0.335. The molecule has 0 aliphatic rings. The van der Waals surface area contributed by atoms with E-state index in [4.69, 9.17) is 10.5 Å². The molecule has 0 atom stereocenters. The van der Waals surface area contributed by atoms with Gasteiger partial charge in [0.25, 0.3) is 10.9 Å². The molecular weight excluding hydrogens is 376 g/mol. The number of ether oxygens (including phenoxy) is 1. The number of thiophene rings is 1. The van der Waals surface area contributed by atoms with E-state index >= 15 is 0 Å². The van der Waals surface area contributed by atoms with Crippen LogP contribution >= 0.6 is 11.3 Å². The Morgan fingerprint density at radius 1 is 1.11 bits per heavy atom. The number of nitrogen functional groups attached to an aromatic ring is 1. The van der Waals surface area contributed by atoms with Crippen LogP contribution in [-0.4, -0.2) is 16.6 Å². The van der Waals surface area contributed by atoms with Gasteiger partial charge < -0.3 is 15.8 Å². The zero-order valence-corrected chi connectivity index (χ0v) is 16.2. The van der Waals surface area contributed by atoms with Crippen LogP contribution in [0.3, 0.4) is 0 Å². The first-order chi connectivity index (χ1) is 13.5. The van der Waals surface area contributed by atoms with Gasteiger partial charge in [0.05, 0.1) is 12.0 Å². The second kappa shape index (κ2) is 7.05. The first kappa shape index (κ1) is 18.1. The van der Waals surface area contributed by atoms with Gasteiger partial charge in [-0.1, -0.05) is 19.1 Å². The van der Waals surface area contributed by atoms with Crippen LogP contribution in [0.2, 0.25) is 0 Å². The van der Waals surface area contributed by atoms with Crippen LogP contribution in [0.25, 0.3) is 21.3 Å². The summed E-state index contributed by atoms with van der Waals surface area (Å²) >= 11 is 1.61. The largest absolute Gasteiger partial charge is 0.488 e. The monoisotopic (exact) mass is 394 g/mol. The Hall–Kier alpha value is -3.26. The van der Waals surface area contributed by atoms with Gasteiger partial charge in [-0.2, -0.15) is 0 Å². The summed E-state index contributed by atoms with van der Waals surface area (Å²) in [7, 11) is 0. The fourth-order valence-corrected chi connectivity index (χ4v) is 4.30. The van der Waals surface area contributed by atoms with Crippen LogP contribution < -0.4 is 26.6 Å². The predicted molar refractivity (Wildman–Crippen MR) is 112 cm³/mol. The van der Waals surface area contributed by atoms with Crippen LogP contribution in [0.5, 0.6) is 5.75 Å². The summed E-state index contributed by atoms with van der Waals surface area (Å²) in [4.78, 5) is 33.9. The molecule has 28 heavy (non-hydrogen) atoms. The summed E-state index contributed by atoms with van der Waals surface area (Å²) in [5.41, 5.74) is 7.88. The number of benzene rings is 1. The minimum Gasteiger partial charge on any atom is -0.488 e. The molecule has 0 aliphatic heterocycles. The Morgan fingerprint density at radius 3 is 2.54 bits per heavy atom. The predicted octanol–water partition coefficient (Wildman–Crippen LogP) is 3.24. The molecule has 0 unspecified atom stereocenters. The summed E-state index contributed by atoms with van der Waals surface area (Å²) in [5.74, 6) is 0.557. The molecule has 4 aromatic rings. The van der Waals surface area contributed by atoms with Crippen molar-refractivity contribution >= 4 is 38.7 Å². The molecule has 2 aromatic heterocycles. The molecule has 2 aromatic carbocycles. The van der Waals surface area contributed by atoms with E-state index in [1.807, 2.05) is 24.3 Å². The van der Waals surface area contributed by atoms with Gasteiger partial charge in [-0.3, -0.25) is 9.59 Å². The molecule has 7 nitrogen and oxygen atoms in total. The van der Waals surface area contributed by atoms with E-state index in [1.54, 1.807) is 18.3 Å². The summed E-state index contributed by atoms with van der Waals surface area (Å²) in [6.07, 6.45) is 2.34. The van der Waals surface area contributed by atoms with E-state index in [2.05, 4.69) is 22.2 Å². The van der Waals surface area contributed by atoms with Crippen molar-refractivity contribution < 1.29 is 4.74 Å². The lowest BCUT2D eigenvalue weighted by Crippen LogP contribution is -2.35. The van der Waals surface area contributed by atoms with Gasteiger partial charge in [0.15, 0.2) is 5.75 Å². The third kappa shape index (κ3) is 2.82. The molecule has 8 heteroatoms. The van der Waals surface area contributed by atoms with Crippen molar-refractivity contribution in [2.45, 2.75) is 20.3 Å². The number of hydrogen-bond acceptors (Lipinski definition) is 8. The van der Waals surface area contributed by atoms with Crippen LogP contribution in [-0.2, 0) is 6.42 Å². The van der Waals surface area contributed by atoms with Gasteiger partial charge in [-0.25, -0.2) is 9.97 Å². The Labute approximate surface area is 164 Å². The van der Waals surface area contributed by atoms with Gasteiger partial charge in [0, 0.05) is 16.1 Å². The lowest BCUT2D eigenvalue weighted by atomic mass is 10.0. The SMILES string of the molecule is CCOc1c(Nc2ccc(-c3c(CC)sc4ncnc(N)c34)cc2)c(=O)c1=O. The molecule has 0 radical (unpaired) electrons. The van der Waals surface area contributed by atoms with E-state index in [0.717, 1.165) is 27.8 Å². The second-order valence-electron chi connectivity index (χ2n) is 6.19. The quantitative estimate of drug-likeness (QED) is 0.483. The Morgan fingerprint density at radius 2 is 1.86 bits per heavy atom. The topological polar surface area (TPSA) is 107 Å². The highest BCUT2D eigenvalue weighted by Crippen LogP contribution is 2.40. The summed E-state index contributed by atoms with van der Waals surface area (Å²) in [6, 6.07) is 7.60. The van der Waals surface area contributed by atoms with Crippen molar-refractivity contribution in [2.75, 3.05) is 17.7 Å². The third-order valence-corrected chi connectivity index (χ3v) is 5.75. The fourth-order valence-electron chi connectivity index (χ4n) is 3.19. The molecule has 0 amide bonds. The maximum absolute atomic E-state index is 11.8.